The minimum absolute atomic E-state index is 0.157. The van der Waals surface area contributed by atoms with E-state index in [1.807, 2.05) is 12.1 Å². The molecule has 0 unspecified atom stereocenters. The van der Waals surface area contributed by atoms with Gasteiger partial charge in [0.25, 0.3) is 0 Å². The molecule has 1 aliphatic carbocycles. The molecule has 6 heteroatoms. The fraction of sp³-hybridized carbons (Fsp3) is 0.100. The molecule has 0 heterocycles. The molecule has 0 aromatic heterocycles. The second-order valence-corrected chi connectivity index (χ2v) is 8.80. The first-order chi connectivity index (χ1) is 12.4. The molecule has 0 spiro atoms. The Bertz CT molecular complexity index is 989. The van der Waals surface area contributed by atoms with E-state index in [9.17, 15) is 15.3 Å². The van der Waals surface area contributed by atoms with Crippen molar-refractivity contribution in [3.05, 3.63) is 83.7 Å². The molecule has 26 heavy (non-hydrogen) atoms. The monoisotopic (exact) mass is 538 g/mol. The Hall–Kier alpha value is -1.50. The Kier molecular flexibility index (Phi) is 4.53. The van der Waals surface area contributed by atoms with Crippen molar-refractivity contribution >= 4 is 47.8 Å². The van der Waals surface area contributed by atoms with Gasteiger partial charge in [0.2, 0.25) is 0 Å². The molecule has 0 bridgehead atoms. The maximum atomic E-state index is 10.5. The molecule has 3 aromatic rings. The van der Waals surface area contributed by atoms with E-state index in [2.05, 4.69) is 47.8 Å². The molecule has 0 radical (unpaired) electrons. The number of aromatic hydroxyl groups is 3. The van der Waals surface area contributed by atoms with Gasteiger partial charge in [0, 0.05) is 36.9 Å². The summed E-state index contributed by atoms with van der Waals surface area (Å²) in [5.74, 6) is 0.256. The van der Waals surface area contributed by atoms with Crippen LogP contribution in [0.2, 0.25) is 0 Å². The fourth-order valence-corrected chi connectivity index (χ4v) is 5.31. The summed E-state index contributed by atoms with van der Waals surface area (Å²) >= 11 is 10.8. The lowest BCUT2D eigenvalue weighted by atomic mass is 9.74. The summed E-state index contributed by atoms with van der Waals surface area (Å²) in [6.07, 6.45) is 0.425. The van der Waals surface area contributed by atoms with Crippen LogP contribution in [0.5, 0.6) is 17.2 Å². The summed E-state index contributed by atoms with van der Waals surface area (Å²) in [4.78, 5) is 0. The second-order valence-electron chi connectivity index (χ2n) is 6.23. The van der Waals surface area contributed by atoms with Crippen molar-refractivity contribution in [1.29, 1.82) is 0 Å². The highest BCUT2D eigenvalue weighted by molar-refractivity contribution is 9.11. The molecule has 0 saturated heterocycles. The quantitative estimate of drug-likeness (QED) is 0.270. The van der Waals surface area contributed by atoms with Crippen LogP contribution in [0, 0.1) is 0 Å². The minimum atomic E-state index is -0.279. The first-order valence-corrected chi connectivity index (χ1v) is 10.2. The van der Waals surface area contributed by atoms with Gasteiger partial charge in [-0.2, -0.15) is 0 Å². The molecule has 3 N–H and O–H groups in total. The van der Waals surface area contributed by atoms with Gasteiger partial charge >= 0.3 is 0 Å². The van der Waals surface area contributed by atoms with Crippen LogP contribution in [0.15, 0.2) is 55.9 Å². The standard InChI is InChI=1S/C20H13Br3O3/c21-13-2-1-9(24)7-10(13)20-18-11(16(25)5-3-14(18)22)8-12-17(26)6-4-15(23)19(12)20/h1-7,20,24-26H,8H2. The smallest absolute Gasteiger partial charge is 0.119 e. The molecule has 0 saturated carbocycles. The van der Waals surface area contributed by atoms with Crippen LogP contribution >= 0.6 is 47.8 Å². The lowest BCUT2D eigenvalue weighted by molar-refractivity contribution is 0.458. The van der Waals surface area contributed by atoms with E-state index in [-0.39, 0.29) is 23.2 Å². The fourth-order valence-electron chi connectivity index (χ4n) is 3.63. The minimum Gasteiger partial charge on any atom is -0.508 e. The van der Waals surface area contributed by atoms with Gasteiger partial charge in [0.05, 0.1) is 0 Å². The van der Waals surface area contributed by atoms with Crippen molar-refractivity contribution in [1.82, 2.24) is 0 Å². The largest absolute Gasteiger partial charge is 0.508 e. The summed E-state index contributed by atoms with van der Waals surface area (Å²) in [5, 5.41) is 31.0. The van der Waals surface area contributed by atoms with E-state index in [0.717, 1.165) is 41.2 Å². The lowest BCUT2D eigenvalue weighted by Crippen LogP contribution is -2.17. The van der Waals surface area contributed by atoms with Gasteiger partial charge in [-0.1, -0.05) is 47.8 Å². The van der Waals surface area contributed by atoms with Crippen molar-refractivity contribution in [2.45, 2.75) is 12.3 Å². The summed E-state index contributed by atoms with van der Waals surface area (Å²) in [6.45, 7) is 0. The van der Waals surface area contributed by atoms with Crippen LogP contribution in [0.1, 0.15) is 33.7 Å². The molecule has 0 atom stereocenters. The number of hydrogen-bond acceptors (Lipinski definition) is 3. The molecule has 0 fully saturated rings. The maximum absolute atomic E-state index is 10.5. The van der Waals surface area contributed by atoms with Gasteiger partial charge in [-0.05, 0) is 59.2 Å². The normalized spacial score (nSPS) is 13.3. The van der Waals surface area contributed by atoms with Gasteiger partial charge in [-0.3, -0.25) is 0 Å². The highest BCUT2D eigenvalue weighted by Gasteiger charge is 2.34. The zero-order chi connectivity index (χ0) is 18.6. The number of fused-ring (bicyclic) bond motifs is 2. The van der Waals surface area contributed by atoms with Crippen LogP contribution in [-0.2, 0) is 6.42 Å². The average Bonchev–Trinajstić information content (AvgIpc) is 2.62. The number of rotatable bonds is 1. The van der Waals surface area contributed by atoms with Crippen molar-refractivity contribution < 1.29 is 15.3 Å². The van der Waals surface area contributed by atoms with Crippen molar-refractivity contribution in [2.75, 3.05) is 0 Å². The Balaban J connectivity index is 2.13. The third-order valence-corrected chi connectivity index (χ3v) is 6.88. The third kappa shape index (κ3) is 2.75. The molecule has 1 aliphatic rings. The molecule has 3 nitrogen and oxygen atoms in total. The lowest BCUT2D eigenvalue weighted by Gasteiger charge is -2.32. The maximum Gasteiger partial charge on any atom is 0.119 e. The molecule has 0 aliphatic heterocycles. The van der Waals surface area contributed by atoms with Gasteiger partial charge in [0.1, 0.15) is 17.2 Å². The first-order valence-electron chi connectivity index (χ1n) is 7.87. The van der Waals surface area contributed by atoms with Crippen LogP contribution < -0.4 is 0 Å². The van der Waals surface area contributed by atoms with E-state index < -0.39 is 0 Å². The molecule has 0 amide bonds. The molecule has 4 rings (SSSR count). The Morgan fingerprint density at radius 1 is 0.692 bits per heavy atom. The molecular formula is C20H13Br3O3. The highest BCUT2D eigenvalue weighted by Crippen LogP contribution is 2.52. The Morgan fingerprint density at radius 3 is 1.73 bits per heavy atom. The number of hydrogen-bond donors (Lipinski definition) is 3. The van der Waals surface area contributed by atoms with Crippen LogP contribution in [-0.4, -0.2) is 15.3 Å². The number of halogens is 3. The van der Waals surface area contributed by atoms with Crippen LogP contribution in [0.4, 0.5) is 0 Å². The van der Waals surface area contributed by atoms with E-state index in [4.69, 9.17) is 0 Å². The van der Waals surface area contributed by atoms with Gasteiger partial charge < -0.3 is 15.3 Å². The van der Waals surface area contributed by atoms with Crippen molar-refractivity contribution in [3.8, 4) is 17.2 Å². The summed E-state index contributed by atoms with van der Waals surface area (Å²) in [7, 11) is 0. The van der Waals surface area contributed by atoms with Crippen LogP contribution in [0.25, 0.3) is 0 Å². The number of phenols is 3. The number of benzene rings is 3. The van der Waals surface area contributed by atoms with Crippen molar-refractivity contribution in [2.24, 2.45) is 0 Å². The summed E-state index contributed by atoms with van der Waals surface area (Å²) in [6, 6.07) is 12.1. The van der Waals surface area contributed by atoms with Crippen molar-refractivity contribution in [3.63, 3.8) is 0 Å². The third-order valence-electron chi connectivity index (χ3n) is 4.78. The van der Waals surface area contributed by atoms with Gasteiger partial charge in [-0.25, -0.2) is 0 Å². The second kappa shape index (κ2) is 6.59. The van der Waals surface area contributed by atoms with E-state index in [1.54, 1.807) is 30.3 Å². The Labute approximate surface area is 175 Å². The number of phenolic OH excluding ortho intramolecular Hbond substituents is 3. The molecular weight excluding hydrogens is 528 g/mol. The summed E-state index contributed by atoms with van der Waals surface area (Å²) < 4.78 is 2.57. The van der Waals surface area contributed by atoms with E-state index in [1.165, 1.54) is 0 Å². The SMILES string of the molecule is Oc1ccc(Br)c(C2c3c(Br)ccc(O)c3Cc3c(O)ccc(Br)c32)c1. The van der Waals surface area contributed by atoms with Crippen LogP contribution in [0.3, 0.4) is 0 Å². The van der Waals surface area contributed by atoms with Gasteiger partial charge in [-0.15, -0.1) is 0 Å². The zero-order valence-electron chi connectivity index (χ0n) is 13.3. The topological polar surface area (TPSA) is 60.7 Å². The molecule has 132 valence electrons. The van der Waals surface area contributed by atoms with Gasteiger partial charge in [0.15, 0.2) is 0 Å². The van der Waals surface area contributed by atoms with E-state index >= 15 is 0 Å². The van der Waals surface area contributed by atoms with E-state index in [0.29, 0.717) is 6.42 Å². The first kappa shape index (κ1) is 17.9. The highest BCUT2D eigenvalue weighted by atomic mass is 79.9. The predicted molar refractivity (Wildman–Crippen MR) is 111 cm³/mol. The Morgan fingerprint density at radius 2 is 1.19 bits per heavy atom. The zero-order valence-corrected chi connectivity index (χ0v) is 18.1. The predicted octanol–water partition coefficient (Wildman–Crippen LogP) is 6.18. The summed E-state index contributed by atoms with van der Waals surface area (Å²) in [5.41, 5.74) is 4.23. The molecule has 3 aromatic carbocycles. The average molecular weight is 541 g/mol.